The highest BCUT2D eigenvalue weighted by molar-refractivity contribution is 5.92. The minimum Gasteiger partial charge on any atom is -0.489 e. The highest BCUT2D eigenvalue weighted by Gasteiger charge is 2.48. The Morgan fingerprint density at radius 3 is 1.31 bits per heavy atom. The van der Waals surface area contributed by atoms with Crippen molar-refractivity contribution >= 4 is 17.1 Å². The van der Waals surface area contributed by atoms with Crippen LogP contribution in [0.2, 0.25) is 0 Å². The molecule has 2 aliphatic carbocycles. The van der Waals surface area contributed by atoms with Crippen LogP contribution >= 0.6 is 0 Å². The zero-order valence-electron chi connectivity index (χ0n) is 43.2. The summed E-state index contributed by atoms with van der Waals surface area (Å²) < 4.78 is 6.58. The van der Waals surface area contributed by atoms with Crippen molar-refractivity contribution in [2.45, 2.75) is 64.4 Å². The number of ether oxygens (including phenoxy) is 1. The minimum atomic E-state index is -0.620. The lowest BCUT2D eigenvalue weighted by molar-refractivity contribution is 0.306. The van der Waals surface area contributed by atoms with Crippen molar-refractivity contribution in [3.05, 3.63) is 310 Å². The van der Waals surface area contributed by atoms with E-state index in [1.165, 1.54) is 89.9 Å². The van der Waals surface area contributed by atoms with Gasteiger partial charge in [-0.25, -0.2) is 0 Å². The van der Waals surface area contributed by atoms with Crippen molar-refractivity contribution in [3.8, 4) is 28.0 Å². The second-order valence-corrected chi connectivity index (χ2v) is 21.4. The maximum Gasteiger partial charge on any atom is 0.119 e. The first kappa shape index (κ1) is 46.8. The molecule has 2 heteroatoms. The van der Waals surface area contributed by atoms with E-state index in [0.29, 0.717) is 24.4 Å². The van der Waals surface area contributed by atoms with E-state index in [4.69, 9.17) is 4.74 Å². The Morgan fingerprint density at radius 1 is 0.392 bits per heavy atom. The molecule has 12 rings (SSSR count). The largest absolute Gasteiger partial charge is 0.489 e. The fourth-order valence-electron chi connectivity index (χ4n) is 12.7. The van der Waals surface area contributed by atoms with Crippen LogP contribution in [0.15, 0.2) is 249 Å². The molecule has 0 aliphatic heterocycles. The zero-order valence-corrected chi connectivity index (χ0v) is 43.2. The maximum atomic E-state index is 6.58. The summed E-state index contributed by atoms with van der Waals surface area (Å²) >= 11 is 0. The van der Waals surface area contributed by atoms with Gasteiger partial charge < -0.3 is 9.64 Å². The number of fused-ring (bicyclic) bond motifs is 6. The maximum absolute atomic E-state index is 6.58. The van der Waals surface area contributed by atoms with Crippen molar-refractivity contribution in [1.82, 2.24) is 0 Å². The van der Waals surface area contributed by atoms with Gasteiger partial charge in [-0.2, -0.15) is 0 Å². The van der Waals surface area contributed by atoms with Gasteiger partial charge in [0.1, 0.15) is 12.4 Å². The van der Waals surface area contributed by atoms with E-state index in [0.717, 1.165) is 22.8 Å². The molecule has 0 fully saturated rings. The SMILES string of the molecule is Cc1ccc(C2(c3ccc(OCc4ccc(C(CC(C)C)C(C)C)cc4)cc3)c3ccccc3-c3ccc(N(c4ccccc4)c4ccc5c(c4)C(c4ccccc4)(c4ccccc4)c4ccccc4-5)cc32)cc1. The Hall–Kier alpha value is -8.20. The van der Waals surface area contributed by atoms with Crippen LogP contribution in [0.1, 0.15) is 101 Å². The van der Waals surface area contributed by atoms with Crippen molar-refractivity contribution in [2.24, 2.45) is 11.8 Å². The van der Waals surface area contributed by atoms with Crippen LogP contribution in [0.3, 0.4) is 0 Å². The number of para-hydroxylation sites is 1. The lowest BCUT2D eigenvalue weighted by Gasteiger charge is -2.36. The van der Waals surface area contributed by atoms with Crippen LogP contribution in [0, 0.1) is 18.8 Å². The summed E-state index contributed by atoms with van der Waals surface area (Å²) in [5.74, 6) is 2.67. The molecule has 0 heterocycles. The number of anilines is 3. The summed E-state index contributed by atoms with van der Waals surface area (Å²) in [5, 5.41) is 0. The summed E-state index contributed by atoms with van der Waals surface area (Å²) in [6.07, 6.45) is 1.20. The lowest BCUT2D eigenvalue weighted by atomic mass is 9.67. The van der Waals surface area contributed by atoms with Crippen molar-refractivity contribution in [1.29, 1.82) is 0 Å². The van der Waals surface area contributed by atoms with Gasteiger partial charge in [-0.15, -0.1) is 0 Å². The highest BCUT2D eigenvalue weighted by atomic mass is 16.5. The molecule has 0 radical (unpaired) electrons. The molecule has 2 atom stereocenters. The van der Waals surface area contributed by atoms with Gasteiger partial charge in [0, 0.05) is 17.1 Å². The van der Waals surface area contributed by atoms with Crippen LogP contribution in [-0.2, 0) is 17.4 Å². The molecule has 0 aromatic heterocycles. The quantitative estimate of drug-likeness (QED) is 0.108. The van der Waals surface area contributed by atoms with Crippen molar-refractivity contribution in [3.63, 3.8) is 0 Å². The first-order valence-electron chi connectivity index (χ1n) is 26.6. The number of hydrogen-bond donors (Lipinski definition) is 0. The van der Waals surface area contributed by atoms with E-state index < -0.39 is 10.8 Å². The molecule has 2 unspecified atom stereocenters. The van der Waals surface area contributed by atoms with E-state index in [-0.39, 0.29) is 0 Å². The summed E-state index contributed by atoms with van der Waals surface area (Å²) in [6.45, 7) is 12.0. The van der Waals surface area contributed by atoms with E-state index in [9.17, 15) is 0 Å². The van der Waals surface area contributed by atoms with Crippen molar-refractivity contribution in [2.75, 3.05) is 4.90 Å². The van der Waals surface area contributed by atoms with Gasteiger partial charge in [-0.1, -0.05) is 233 Å². The molecule has 10 aromatic carbocycles. The van der Waals surface area contributed by atoms with Gasteiger partial charge in [0.15, 0.2) is 0 Å². The summed E-state index contributed by atoms with van der Waals surface area (Å²) in [7, 11) is 0. The predicted molar refractivity (Wildman–Crippen MR) is 308 cm³/mol. The average molecular weight is 958 g/mol. The minimum absolute atomic E-state index is 0.510. The third kappa shape index (κ3) is 7.87. The predicted octanol–water partition coefficient (Wildman–Crippen LogP) is 18.6. The molecule has 362 valence electrons. The number of rotatable bonds is 14. The molecule has 0 saturated carbocycles. The molecule has 0 amide bonds. The van der Waals surface area contributed by atoms with E-state index in [2.05, 4.69) is 288 Å². The smallest absolute Gasteiger partial charge is 0.119 e. The van der Waals surface area contributed by atoms with Crippen LogP contribution < -0.4 is 9.64 Å². The number of hydrogen-bond acceptors (Lipinski definition) is 2. The first-order valence-corrected chi connectivity index (χ1v) is 26.6. The van der Waals surface area contributed by atoms with E-state index in [1.807, 2.05) is 0 Å². The van der Waals surface area contributed by atoms with Crippen molar-refractivity contribution < 1.29 is 4.74 Å². The third-order valence-corrected chi connectivity index (χ3v) is 16.1. The van der Waals surface area contributed by atoms with Gasteiger partial charge in [0.25, 0.3) is 0 Å². The highest BCUT2D eigenvalue weighted by Crippen LogP contribution is 2.59. The standard InChI is InChI=1S/C72H63NO/c1-49(2)45-66(50(3)4)53-33-31-52(32-34-53)48-74-61-41-37-57(38-42-61)72(56-35-29-51(5)30-36-56)68-28-18-16-26-63(68)65-44-40-60(47-70(65)72)73(58-23-13-8-14-24-58)59-39-43-64-62-25-15-17-27-67(62)71(69(64)46-59,54-19-9-6-10-20-54)55-21-11-7-12-22-55/h6-44,46-47,49-50,66H,45,48H2,1-5H3. The van der Waals surface area contributed by atoms with Gasteiger partial charge in [0.2, 0.25) is 0 Å². The van der Waals surface area contributed by atoms with Gasteiger partial charge >= 0.3 is 0 Å². The summed E-state index contributed by atoms with van der Waals surface area (Å²) in [5.41, 5.74) is 21.0. The van der Waals surface area contributed by atoms with Crippen LogP contribution in [0.4, 0.5) is 17.1 Å². The number of aryl methyl sites for hydroxylation is 1. The molecule has 0 N–H and O–H groups in total. The van der Waals surface area contributed by atoms with E-state index >= 15 is 0 Å². The molecular weight excluding hydrogens is 895 g/mol. The molecule has 2 nitrogen and oxygen atoms in total. The van der Waals surface area contributed by atoms with Crippen LogP contribution in [0.25, 0.3) is 22.3 Å². The zero-order chi connectivity index (χ0) is 50.4. The molecule has 0 spiro atoms. The third-order valence-electron chi connectivity index (χ3n) is 16.1. The second kappa shape index (κ2) is 19.3. The van der Waals surface area contributed by atoms with E-state index in [1.54, 1.807) is 0 Å². The monoisotopic (exact) mass is 957 g/mol. The Labute approximate surface area is 438 Å². The molecular formula is C72H63NO. The average Bonchev–Trinajstić information content (AvgIpc) is 3.91. The summed E-state index contributed by atoms with van der Waals surface area (Å²) in [6, 6.07) is 92.7. The molecule has 0 bridgehead atoms. The second-order valence-electron chi connectivity index (χ2n) is 21.4. The normalized spacial score (nSPS) is 15.3. The first-order chi connectivity index (χ1) is 36.2. The number of benzene rings is 10. The van der Waals surface area contributed by atoms with Crippen LogP contribution in [0.5, 0.6) is 5.75 Å². The molecule has 2 aliphatic rings. The van der Waals surface area contributed by atoms with Gasteiger partial charge in [-0.05, 0) is 158 Å². The molecule has 10 aromatic rings. The lowest BCUT2D eigenvalue weighted by Crippen LogP contribution is -2.29. The van der Waals surface area contributed by atoms with Crippen LogP contribution in [-0.4, -0.2) is 0 Å². The fraction of sp³-hybridized carbons (Fsp3) is 0.167. The molecule has 74 heavy (non-hydrogen) atoms. The Morgan fingerprint density at radius 2 is 0.824 bits per heavy atom. The Kier molecular flexibility index (Phi) is 12.2. The molecule has 0 saturated heterocycles. The van der Waals surface area contributed by atoms with Gasteiger partial charge in [0.05, 0.1) is 10.8 Å². The topological polar surface area (TPSA) is 12.5 Å². The Bertz CT molecular complexity index is 3540. The Balaban J connectivity index is 0.991. The van der Waals surface area contributed by atoms with Gasteiger partial charge in [-0.3, -0.25) is 0 Å². The summed E-state index contributed by atoms with van der Waals surface area (Å²) in [4.78, 5) is 2.46. The fourth-order valence-corrected chi connectivity index (χ4v) is 12.7. The number of nitrogens with zero attached hydrogens (tertiary/aromatic N) is 1.